The third kappa shape index (κ3) is 5.68. The van der Waals surface area contributed by atoms with Crippen LogP contribution in [-0.2, 0) is 0 Å². The van der Waals surface area contributed by atoms with E-state index in [1.54, 1.807) is 0 Å². The monoisotopic (exact) mass is 862 g/mol. The molecular weight excluding hydrogens is 824 g/mol. The maximum Gasteiger partial charge on any atom is -0.0544 e. The number of fused-ring (bicyclic) bond motifs is 8. The molecular formula is C62H38Se. The van der Waals surface area contributed by atoms with E-state index in [-0.39, 0.29) is 14.5 Å². The van der Waals surface area contributed by atoms with Gasteiger partial charge in [-0.25, -0.2) is 0 Å². The van der Waals surface area contributed by atoms with E-state index in [1.807, 2.05) is 0 Å². The number of hydrogen-bond acceptors (Lipinski definition) is 0. The summed E-state index contributed by atoms with van der Waals surface area (Å²) in [5.41, 5.74) is 12.8. The molecule has 0 saturated heterocycles. The van der Waals surface area contributed by atoms with Crippen LogP contribution in [0.3, 0.4) is 0 Å². The second kappa shape index (κ2) is 14.5. The van der Waals surface area contributed by atoms with Crippen molar-refractivity contribution in [1.82, 2.24) is 0 Å². The normalized spacial score (nSPS) is 11.8. The Morgan fingerprint density at radius 3 is 1.10 bits per heavy atom. The average Bonchev–Trinajstić information content (AvgIpc) is 3.72. The SMILES string of the molecule is c1ccc(-c2ccc(-c3c4ccccc4c(-c4ccc5c(c4)[se]c4ccc(-c6c7ccccc7c(-c7ccccc7)c7ccccc67)cc45)c4ccccc34)c3ccccc23)cc1. The summed E-state index contributed by atoms with van der Waals surface area (Å²) in [4.78, 5) is 0. The molecule has 0 aliphatic carbocycles. The number of rotatable bonds is 5. The van der Waals surface area contributed by atoms with Gasteiger partial charge in [0.2, 0.25) is 0 Å². The molecule has 1 aromatic heterocycles. The average molecular weight is 862 g/mol. The Kier molecular flexibility index (Phi) is 8.34. The Labute approximate surface area is 371 Å². The number of benzene rings is 12. The van der Waals surface area contributed by atoms with Gasteiger partial charge in [0.15, 0.2) is 0 Å². The van der Waals surface area contributed by atoms with Crippen molar-refractivity contribution in [3.63, 3.8) is 0 Å². The third-order valence-electron chi connectivity index (χ3n) is 13.3. The van der Waals surface area contributed by atoms with E-state index in [0.29, 0.717) is 0 Å². The molecule has 0 unspecified atom stereocenters. The minimum Gasteiger partial charge on any atom is -0.0617 e. The molecule has 13 rings (SSSR count). The van der Waals surface area contributed by atoms with Crippen molar-refractivity contribution in [2.75, 3.05) is 0 Å². The van der Waals surface area contributed by atoms with Crippen LogP contribution < -0.4 is 0 Å². The zero-order valence-electron chi connectivity index (χ0n) is 34.3. The van der Waals surface area contributed by atoms with Crippen molar-refractivity contribution >= 4 is 87.7 Å². The van der Waals surface area contributed by atoms with Crippen LogP contribution in [-0.4, -0.2) is 14.5 Å². The van der Waals surface area contributed by atoms with Crippen LogP contribution in [0.2, 0.25) is 0 Å². The van der Waals surface area contributed by atoms with Crippen molar-refractivity contribution in [1.29, 1.82) is 0 Å². The van der Waals surface area contributed by atoms with E-state index in [4.69, 9.17) is 0 Å². The van der Waals surface area contributed by atoms with E-state index < -0.39 is 0 Å². The molecule has 292 valence electrons. The zero-order valence-corrected chi connectivity index (χ0v) is 36.1. The van der Waals surface area contributed by atoms with Crippen LogP contribution in [0.1, 0.15) is 0 Å². The predicted molar refractivity (Wildman–Crippen MR) is 273 cm³/mol. The van der Waals surface area contributed by atoms with Crippen molar-refractivity contribution in [2.45, 2.75) is 0 Å². The van der Waals surface area contributed by atoms with E-state index >= 15 is 0 Å². The summed E-state index contributed by atoms with van der Waals surface area (Å²) in [6.45, 7) is 0. The first-order chi connectivity index (χ1) is 31.3. The van der Waals surface area contributed by atoms with Crippen LogP contribution in [0.25, 0.3) is 129 Å². The smallest absolute Gasteiger partial charge is 0.0544 e. The van der Waals surface area contributed by atoms with Gasteiger partial charge in [0.05, 0.1) is 0 Å². The number of hydrogen-bond donors (Lipinski definition) is 0. The standard InChI is InChI=1S/C62H38Se/c1-3-17-39(18-4-1)43-34-35-55(45-22-8-7-21-44(43)45)62-53-29-15-13-27-51(53)61(52-28-14-16-30-54(52)62)42-31-33-46-56-37-41(32-36-57(56)63-58(46)38-42)60-49-25-11-9-23-47(49)59(40-19-5-2-6-20-40)48-24-10-12-26-50(48)60/h1-38H. The minimum absolute atomic E-state index is 0.186. The summed E-state index contributed by atoms with van der Waals surface area (Å²) >= 11 is 0.186. The van der Waals surface area contributed by atoms with E-state index in [0.717, 1.165) is 0 Å². The summed E-state index contributed by atoms with van der Waals surface area (Å²) in [5, 5.41) is 15.5. The molecule has 0 fully saturated rings. The Hall–Kier alpha value is -7.54. The van der Waals surface area contributed by atoms with Gasteiger partial charge in [-0.3, -0.25) is 0 Å². The molecule has 0 spiro atoms. The maximum atomic E-state index is 2.51. The largest absolute Gasteiger partial charge is 0.0617 e. The quantitative estimate of drug-likeness (QED) is 0.119. The zero-order chi connectivity index (χ0) is 41.4. The second-order valence-corrected chi connectivity index (χ2v) is 18.9. The molecule has 0 aliphatic heterocycles. The third-order valence-corrected chi connectivity index (χ3v) is 15.6. The van der Waals surface area contributed by atoms with Crippen LogP contribution in [0.15, 0.2) is 231 Å². The van der Waals surface area contributed by atoms with Crippen molar-refractivity contribution in [3.05, 3.63) is 231 Å². The minimum atomic E-state index is 0.186. The van der Waals surface area contributed by atoms with Gasteiger partial charge in [0.25, 0.3) is 0 Å². The molecule has 0 N–H and O–H groups in total. The molecule has 63 heavy (non-hydrogen) atoms. The Morgan fingerprint density at radius 2 is 0.571 bits per heavy atom. The first-order valence-corrected chi connectivity index (χ1v) is 23.5. The van der Waals surface area contributed by atoms with Gasteiger partial charge in [-0.15, -0.1) is 0 Å². The molecule has 0 atom stereocenters. The van der Waals surface area contributed by atoms with Gasteiger partial charge in [-0.2, -0.15) is 0 Å². The Morgan fingerprint density at radius 1 is 0.190 bits per heavy atom. The van der Waals surface area contributed by atoms with E-state index in [2.05, 4.69) is 231 Å². The fraction of sp³-hybridized carbons (Fsp3) is 0. The second-order valence-electron chi connectivity index (χ2n) is 16.6. The van der Waals surface area contributed by atoms with Gasteiger partial charge in [0.1, 0.15) is 0 Å². The predicted octanol–water partition coefficient (Wildman–Crippen LogP) is 17.2. The molecule has 13 aromatic rings. The maximum absolute atomic E-state index is 2.51. The summed E-state index contributed by atoms with van der Waals surface area (Å²) in [5.74, 6) is 0. The summed E-state index contributed by atoms with van der Waals surface area (Å²) < 4.78 is 2.89. The van der Waals surface area contributed by atoms with E-state index in [9.17, 15) is 0 Å². The molecule has 0 amide bonds. The molecule has 12 aromatic carbocycles. The fourth-order valence-corrected chi connectivity index (χ4v) is 12.9. The molecule has 0 nitrogen and oxygen atoms in total. The van der Waals surface area contributed by atoms with Gasteiger partial charge in [-0.1, -0.05) is 30.3 Å². The van der Waals surface area contributed by atoms with Gasteiger partial charge in [-0.05, 0) is 0 Å². The molecule has 0 radical (unpaired) electrons. The fourth-order valence-electron chi connectivity index (χ4n) is 10.6. The van der Waals surface area contributed by atoms with Gasteiger partial charge < -0.3 is 0 Å². The van der Waals surface area contributed by atoms with Crippen LogP contribution in [0.4, 0.5) is 0 Å². The van der Waals surface area contributed by atoms with Crippen molar-refractivity contribution < 1.29 is 0 Å². The van der Waals surface area contributed by atoms with Crippen molar-refractivity contribution in [2.24, 2.45) is 0 Å². The summed E-state index contributed by atoms with van der Waals surface area (Å²) in [7, 11) is 0. The summed E-state index contributed by atoms with van der Waals surface area (Å²) in [6, 6.07) is 85.9. The first-order valence-electron chi connectivity index (χ1n) is 21.8. The van der Waals surface area contributed by atoms with Crippen LogP contribution in [0.5, 0.6) is 0 Å². The molecule has 1 heteroatoms. The topological polar surface area (TPSA) is 0 Å². The first kappa shape index (κ1) is 36.1. The van der Waals surface area contributed by atoms with Crippen LogP contribution >= 0.6 is 0 Å². The van der Waals surface area contributed by atoms with Gasteiger partial charge >= 0.3 is 343 Å². The molecule has 0 aliphatic rings. The van der Waals surface area contributed by atoms with E-state index in [1.165, 1.54) is 129 Å². The molecule has 0 bridgehead atoms. The molecule has 1 heterocycles. The van der Waals surface area contributed by atoms with Crippen LogP contribution in [0, 0.1) is 0 Å². The van der Waals surface area contributed by atoms with Crippen molar-refractivity contribution in [3.8, 4) is 55.6 Å². The molecule has 0 saturated carbocycles. The summed E-state index contributed by atoms with van der Waals surface area (Å²) in [6.07, 6.45) is 0. The van der Waals surface area contributed by atoms with Gasteiger partial charge in [0, 0.05) is 0 Å². The Bertz CT molecular complexity index is 3840. The Balaban J connectivity index is 0.997.